The van der Waals surface area contributed by atoms with Crippen LogP contribution in [0.4, 0.5) is 0 Å². The van der Waals surface area contributed by atoms with Gasteiger partial charge in [-0.2, -0.15) is 0 Å². The van der Waals surface area contributed by atoms with E-state index in [1.807, 2.05) is 0 Å². The maximum Gasteiger partial charge on any atom is 0.350 e. The van der Waals surface area contributed by atoms with Gasteiger partial charge in [0.25, 0.3) is 0 Å². The number of hydrogen-bond donors (Lipinski definition) is 7. The molecule has 0 aliphatic rings. The molecule has 0 heterocycles. The van der Waals surface area contributed by atoms with Crippen molar-refractivity contribution in [3.63, 3.8) is 0 Å². The summed E-state index contributed by atoms with van der Waals surface area (Å²) in [6, 6.07) is 0. The zero-order valence-electron chi connectivity index (χ0n) is 8.82. The standard InChI is InChI=1S/C7H17O9P/c8-1-4(9)6(11)7(12)5(10)2-16-3-17(13,14)15/h4-12H,1-3H2,(H2,13,14,15)/t4-,5-,6-,7-/m1/s1. The van der Waals surface area contributed by atoms with Crippen molar-refractivity contribution in [1.29, 1.82) is 0 Å². The molecule has 0 aromatic rings. The average Bonchev–Trinajstić information content (AvgIpc) is 2.24. The lowest BCUT2D eigenvalue weighted by Gasteiger charge is -2.25. The van der Waals surface area contributed by atoms with Gasteiger partial charge in [-0.1, -0.05) is 0 Å². The fraction of sp³-hybridized carbons (Fsp3) is 1.00. The Bertz CT molecular complexity index is 254. The molecule has 104 valence electrons. The van der Waals surface area contributed by atoms with Crippen LogP contribution in [-0.4, -0.2) is 79.3 Å². The average molecular weight is 276 g/mol. The topological polar surface area (TPSA) is 168 Å². The molecule has 9 nitrogen and oxygen atoms in total. The minimum atomic E-state index is -4.37. The lowest BCUT2D eigenvalue weighted by molar-refractivity contribution is -0.127. The molecule has 4 atom stereocenters. The van der Waals surface area contributed by atoms with E-state index in [1.165, 1.54) is 0 Å². The summed E-state index contributed by atoms with van der Waals surface area (Å²) in [6.45, 7) is -1.45. The Hall–Kier alpha value is -0.0900. The lowest BCUT2D eigenvalue weighted by Crippen LogP contribution is -2.47. The van der Waals surface area contributed by atoms with Crippen molar-refractivity contribution in [2.24, 2.45) is 0 Å². The zero-order chi connectivity index (χ0) is 13.6. The van der Waals surface area contributed by atoms with Gasteiger partial charge in [0, 0.05) is 0 Å². The molecule has 0 unspecified atom stereocenters. The molecule has 0 saturated carbocycles. The summed E-state index contributed by atoms with van der Waals surface area (Å²) in [5, 5.41) is 45.2. The lowest BCUT2D eigenvalue weighted by atomic mass is 10.0. The molecule has 7 N–H and O–H groups in total. The van der Waals surface area contributed by atoms with Crippen molar-refractivity contribution >= 4 is 7.60 Å². The quantitative estimate of drug-likeness (QED) is 0.223. The van der Waals surface area contributed by atoms with Gasteiger partial charge in [-0.15, -0.1) is 0 Å². The Balaban J connectivity index is 4.05. The van der Waals surface area contributed by atoms with E-state index in [2.05, 4.69) is 4.74 Å². The molecule has 0 aromatic heterocycles. The summed E-state index contributed by atoms with van der Waals surface area (Å²) in [5.41, 5.74) is 0. The van der Waals surface area contributed by atoms with Gasteiger partial charge in [0.05, 0.1) is 13.2 Å². The van der Waals surface area contributed by atoms with Crippen LogP contribution in [0.1, 0.15) is 0 Å². The van der Waals surface area contributed by atoms with Gasteiger partial charge in [-0.05, 0) is 0 Å². The van der Waals surface area contributed by atoms with Crippen LogP contribution in [0.15, 0.2) is 0 Å². The van der Waals surface area contributed by atoms with Crippen LogP contribution in [0.25, 0.3) is 0 Å². The van der Waals surface area contributed by atoms with Crippen LogP contribution in [0.3, 0.4) is 0 Å². The second kappa shape index (κ2) is 7.37. The number of ether oxygens (including phenoxy) is 1. The van der Waals surface area contributed by atoms with Crippen LogP contribution in [-0.2, 0) is 9.30 Å². The van der Waals surface area contributed by atoms with E-state index >= 15 is 0 Å². The van der Waals surface area contributed by atoms with Crippen molar-refractivity contribution in [2.45, 2.75) is 24.4 Å². The van der Waals surface area contributed by atoms with Crippen molar-refractivity contribution in [3.05, 3.63) is 0 Å². The molecule has 0 spiro atoms. The predicted molar refractivity (Wildman–Crippen MR) is 54.0 cm³/mol. The second-order valence-corrected chi connectivity index (χ2v) is 5.05. The highest BCUT2D eigenvalue weighted by molar-refractivity contribution is 7.51. The van der Waals surface area contributed by atoms with Crippen molar-refractivity contribution in [1.82, 2.24) is 0 Å². The maximum absolute atomic E-state index is 10.4. The van der Waals surface area contributed by atoms with Gasteiger partial charge in [0.1, 0.15) is 30.8 Å². The van der Waals surface area contributed by atoms with Gasteiger partial charge >= 0.3 is 7.60 Å². The van der Waals surface area contributed by atoms with E-state index in [4.69, 9.17) is 20.0 Å². The van der Waals surface area contributed by atoms with E-state index in [-0.39, 0.29) is 0 Å². The van der Waals surface area contributed by atoms with Gasteiger partial charge in [0.15, 0.2) is 0 Å². The molecule has 0 radical (unpaired) electrons. The van der Waals surface area contributed by atoms with Gasteiger partial charge in [-0.25, -0.2) is 0 Å². The summed E-state index contributed by atoms with van der Waals surface area (Å²) >= 11 is 0. The Morgan fingerprint density at radius 1 is 1.00 bits per heavy atom. The fourth-order valence-electron chi connectivity index (χ4n) is 0.954. The summed E-state index contributed by atoms with van der Waals surface area (Å²) in [4.78, 5) is 16.8. The fourth-order valence-corrected chi connectivity index (χ4v) is 1.30. The first kappa shape index (κ1) is 16.9. The Kier molecular flexibility index (Phi) is 7.33. The molecule has 0 saturated heterocycles. The number of hydrogen-bond acceptors (Lipinski definition) is 7. The Morgan fingerprint density at radius 3 is 1.88 bits per heavy atom. The first-order valence-corrected chi connectivity index (χ1v) is 6.44. The normalized spacial score (nSPS) is 19.7. The van der Waals surface area contributed by atoms with Crippen molar-refractivity contribution in [3.8, 4) is 0 Å². The largest absolute Gasteiger partial charge is 0.394 e. The molecule has 0 rings (SSSR count). The minimum Gasteiger partial charge on any atom is -0.394 e. The van der Waals surface area contributed by atoms with E-state index in [0.29, 0.717) is 0 Å². The van der Waals surface area contributed by atoms with E-state index in [9.17, 15) is 19.9 Å². The Morgan fingerprint density at radius 2 is 1.47 bits per heavy atom. The van der Waals surface area contributed by atoms with Crippen LogP contribution in [0, 0.1) is 0 Å². The van der Waals surface area contributed by atoms with Crippen molar-refractivity contribution in [2.75, 3.05) is 19.6 Å². The summed E-state index contributed by atoms with van der Waals surface area (Å²) in [5.74, 6) is 0. The van der Waals surface area contributed by atoms with Crippen molar-refractivity contribution < 1.29 is 44.6 Å². The van der Waals surface area contributed by atoms with Crippen LogP contribution in [0.2, 0.25) is 0 Å². The van der Waals surface area contributed by atoms with E-state index in [0.717, 1.165) is 0 Å². The first-order valence-electron chi connectivity index (χ1n) is 4.64. The third kappa shape index (κ3) is 7.04. The molecular weight excluding hydrogens is 259 g/mol. The number of rotatable bonds is 8. The summed E-state index contributed by atoms with van der Waals surface area (Å²) in [6.07, 6.45) is -7.84. The Labute approximate surface area is 97.1 Å². The molecule has 0 aromatic carbocycles. The third-order valence-electron chi connectivity index (χ3n) is 1.87. The summed E-state index contributed by atoms with van der Waals surface area (Å²) < 4.78 is 14.8. The summed E-state index contributed by atoms with van der Waals surface area (Å²) in [7, 11) is -4.37. The predicted octanol–water partition coefficient (Wildman–Crippen LogP) is -3.43. The van der Waals surface area contributed by atoms with E-state index in [1.54, 1.807) is 0 Å². The molecule has 10 heteroatoms. The van der Waals surface area contributed by atoms with Crippen LogP contribution < -0.4 is 0 Å². The smallest absolute Gasteiger partial charge is 0.350 e. The van der Waals surface area contributed by atoms with Gasteiger partial charge < -0.3 is 40.1 Å². The molecule has 0 aliphatic carbocycles. The SMILES string of the molecule is O=P(O)(O)COC[C@@H](O)[C@@H](O)[C@H](O)[C@H](O)CO. The van der Waals surface area contributed by atoms with Crippen LogP contribution in [0.5, 0.6) is 0 Å². The monoisotopic (exact) mass is 276 g/mol. The maximum atomic E-state index is 10.4. The van der Waals surface area contributed by atoms with Gasteiger partial charge in [-0.3, -0.25) is 4.57 Å². The molecule has 0 amide bonds. The molecule has 17 heavy (non-hydrogen) atoms. The van der Waals surface area contributed by atoms with Crippen LogP contribution >= 0.6 is 7.60 Å². The molecule has 0 aliphatic heterocycles. The van der Waals surface area contributed by atoms with Gasteiger partial charge in [0.2, 0.25) is 0 Å². The molecule has 0 fully saturated rings. The highest BCUT2D eigenvalue weighted by atomic mass is 31.2. The minimum absolute atomic E-state index is 0.637. The highest BCUT2D eigenvalue weighted by Crippen LogP contribution is 2.33. The third-order valence-corrected chi connectivity index (χ3v) is 2.39. The number of aliphatic hydroxyl groups is 5. The van der Waals surface area contributed by atoms with E-state index < -0.39 is 51.6 Å². The zero-order valence-corrected chi connectivity index (χ0v) is 9.72. The second-order valence-electron chi connectivity index (χ2n) is 3.46. The number of aliphatic hydroxyl groups excluding tert-OH is 5. The molecule has 0 bridgehead atoms. The first-order chi connectivity index (χ1) is 7.69. The molecular formula is C7H17O9P. The highest BCUT2D eigenvalue weighted by Gasteiger charge is 2.30.